The highest BCUT2D eigenvalue weighted by Gasteiger charge is 2.66. The van der Waals surface area contributed by atoms with Crippen LogP contribution in [-0.4, -0.2) is 53.7 Å². The molecule has 7 nitrogen and oxygen atoms in total. The lowest BCUT2D eigenvalue weighted by molar-refractivity contribution is -0.162. The molecule has 2 aromatic heterocycles. The zero-order chi connectivity index (χ0) is 18.3. The van der Waals surface area contributed by atoms with Crippen molar-refractivity contribution in [2.24, 2.45) is 11.3 Å². The van der Waals surface area contributed by atoms with Gasteiger partial charge in [-0.05, 0) is 30.4 Å². The molecule has 0 amide bonds. The van der Waals surface area contributed by atoms with Crippen molar-refractivity contribution < 1.29 is 18.1 Å². The van der Waals surface area contributed by atoms with Crippen LogP contribution in [0.5, 0.6) is 0 Å². The number of nitrogens with zero attached hydrogens (tertiary/aromatic N) is 2. The molecular weight excluding hydrogens is 353 g/mol. The summed E-state index contributed by atoms with van der Waals surface area (Å²) in [5.41, 5.74) is 1.99. The summed E-state index contributed by atoms with van der Waals surface area (Å²) < 4.78 is 32.4. The van der Waals surface area contributed by atoms with Gasteiger partial charge in [0.15, 0.2) is 0 Å². The van der Waals surface area contributed by atoms with Gasteiger partial charge in [-0.1, -0.05) is 13.8 Å². The molecule has 2 fully saturated rings. The van der Waals surface area contributed by atoms with Crippen LogP contribution in [0.15, 0.2) is 18.5 Å². The van der Waals surface area contributed by atoms with E-state index in [0.29, 0.717) is 13.1 Å². The van der Waals surface area contributed by atoms with Gasteiger partial charge in [0.05, 0.1) is 11.4 Å². The lowest BCUT2D eigenvalue weighted by Crippen LogP contribution is -2.68. The maximum Gasteiger partial charge on any atom is 0.493 e. The Hall–Kier alpha value is -1.42. The number of fused-ring (bicyclic) bond motifs is 4. The quantitative estimate of drug-likeness (QED) is 0.765. The lowest BCUT2D eigenvalue weighted by Gasteiger charge is -2.62. The van der Waals surface area contributed by atoms with Gasteiger partial charge >= 0.3 is 7.12 Å². The van der Waals surface area contributed by atoms with Crippen molar-refractivity contribution in [1.29, 1.82) is 0 Å². The van der Waals surface area contributed by atoms with Gasteiger partial charge in [0, 0.05) is 41.7 Å². The third kappa shape index (κ3) is 2.17. The molecule has 0 atom stereocenters. The second kappa shape index (κ2) is 5.10. The minimum absolute atomic E-state index is 0.0305. The SMILES string of the molecule is CC(C)CS(=O)(=O)N1CC2(C1)CC1(C2)OB(O)c2cnc3[nH]ccc3c21. The number of rotatable bonds is 3. The Morgan fingerprint density at radius 2 is 2.15 bits per heavy atom. The van der Waals surface area contributed by atoms with Gasteiger partial charge in [-0.15, -0.1) is 0 Å². The highest BCUT2D eigenvalue weighted by molar-refractivity contribution is 7.89. The normalized spacial score (nSPS) is 23.6. The van der Waals surface area contributed by atoms with E-state index >= 15 is 0 Å². The second-order valence-corrected chi connectivity index (χ2v) is 10.6. The van der Waals surface area contributed by atoms with Crippen LogP contribution >= 0.6 is 0 Å². The Kier molecular flexibility index (Phi) is 3.28. The molecule has 0 aromatic carbocycles. The molecule has 0 bridgehead atoms. The first-order chi connectivity index (χ1) is 12.2. The van der Waals surface area contributed by atoms with Crippen LogP contribution in [0.4, 0.5) is 0 Å². The third-order valence-corrected chi connectivity index (χ3v) is 8.09. The largest absolute Gasteiger partial charge is 0.493 e. The van der Waals surface area contributed by atoms with E-state index in [4.69, 9.17) is 4.65 Å². The molecule has 9 heteroatoms. The molecule has 5 rings (SSSR count). The molecule has 2 spiro atoms. The van der Waals surface area contributed by atoms with Crippen LogP contribution in [-0.2, 0) is 20.3 Å². The monoisotopic (exact) mass is 375 g/mol. The maximum atomic E-state index is 12.4. The molecule has 2 aliphatic heterocycles. The number of aromatic amines is 1. The van der Waals surface area contributed by atoms with Crippen molar-refractivity contribution >= 4 is 33.6 Å². The van der Waals surface area contributed by atoms with Gasteiger partial charge in [-0.2, -0.15) is 0 Å². The molecule has 2 aromatic rings. The molecule has 1 aliphatic carbocycles. The summed E-state index contributed by atoms with van der Waals surface area (Å²) in [7, 11) is -4.14. The van der Waals surface area contributed by atoms with Crippen molar-refractivity contribution in [3.8, 4) is 0 Å². The average molecular weight is 375 g/mol. The summed E-state index contributed by atoms with van der Waals surface area (Å²) in [5.74, 6) is 0.320. The number of pyridine rings is 1. The van der Waals surface area contributed by atoms with Gasteiger partial charge < -0.3 is 14.7 Å². The van der Waals surface area contributed by atoms with Crippen LogP contribution in [0, 0.1) is 11.3 Å². The van der Waals surface area contributed by atoms with E-state index in [1.807, 2.05) is 26.1 Å². The smallest absolute Gasteiger partial charge is 0.423 e. The predicted molar refractivity (Wildman–Crippen MR) is 98.3 cm³/mol. The van der Waals surface area contributed by atoms with Gasteiger partial charge in [0.1, 0.15) is 5.65 Å². The number of hydrogen-bond donors (Lipinski definition) is 2. The van der Waals surface area contributed by atoms with E-state index in [2.05, 4.69) is 9.97 Å². The summed E-state index contributed by atoms with van der Waals surface area (Å²) in [4.78, 5) is 7.45. The van der Waals surface area contributed by atoms with Crippen molar-refractivity contribution in [1.82, 2.24) is 14.3 Å². The molecule has 1 saturated carbocycles. The van der Waals surface area contributed by atoms with Crippen LogP contribution in [0.2, 0.25) is 0 Å². The minimum Gasteiger partial charge on any atom is -0.423 e. The summed E-state index contributed by atoms with van der Waals surface area (Å²) in [6.07, 6.45) is 5.00. The van der Waals surface area contributed by atoms with Crippen molar-refractivity contribution in [3.63, 3.8) is 0 Å². The van der Waals surface area contributed by atoms with Crippen LogP contribution < -0.4 is 5.46 Å². The first-order valence-corrected chi connectivity index (χ1v) is 10.6. The Bertz CT molecular complexity index is 989. The van der Waals surface area contributed by atoms with E-state index in [1.54, 1.807) is 10.5 Å². The fourth-order valence-corrected chi connectivity index (χ4v) is 7.12. The number of nitrogens with one attached hydrogen (secondary N) is 1. The molecule has 26 heavy (non-hydrogen) atoms. The number of hydrogen-bond acceptors (Lipinski definition) is 5. The van der Waals surface area contributed by atoms with Crippen molar-refractivity contribution in [2.45, 2.75) is 32.3 Å². The van der Waals surface area contributed by atoms with E-state index in [0.717, 1.165) is 34.9 Å². The molecule has 0 unspecified atom stereocenters. The number of aromatic nitrogens is 2. The topological polar surface area (TPSA) is 95.5 Å². The molecule has 4 heterocycles. The Morgan fingerprint density at radius 3 is 2.85 bits per heavy atom. The average Bonchev–Trinajstić information content (AvgIpc) is 3.03. The van der Waals surface area contributed by atoms with E-state index in [9.17, 15) is 13.4 Å². The maximum absolute atomic E-state index is 12.4. The highest BCUT2D eigenvalue weighted by atomic mass is 32.2. The summed E-state index contributed by atoms with van der Waals surface area (Å²) in [6.45, 7) is 4.96. The third-order valence-electron chi connectivity index (χ3n) is 5.96. The molecule has 1 saturated heterocycles. The fourth-order valence-electron chi connectivity index (χ4n) is 5.12. The van der Waals surface area contributed by atoms with Gasteiger partial charge in [-0.3, -0.25) is 0 Å². The van der Waals surface area contributed by atoms with E-state index < -0.39 is 22.7 Å². The van der Waals surface area contributed by atoms with Crippen LogP contribution in [0.1, 0.15) is 32.3 Å². The predicted octanol–water partition coefficient (Wildman–Crippen LogP) is 0.558. The summed E-state index contributed by atoms with van der Waals surface area (Å²) >= 11 is 0. The van der Waals surface area contributed by atoms with Crippen LogP contribution in [0.25, 0.3) is 11.0 Å². The van der Waals surface area contributed by atoms with E-state index in [1.165, 1.54) is 0 Å². The molecular formula is C17H22BN3O4S. The Morgan fingerprint density at radius 1 is 1.42 bits per heavy atom. The van der Waals surface area contributed by atoms with E-state index in [-0.39, 0.29) is 17.1 Å². The Balaban J connectivity index is 1.40. The molecule has 3 aliphatic rings. The fraction of sp³-hybridized carbons (Fsp3) is 0.588. The molecule has 2 N–H and O–H groups in total. The van der Waals surface area contributed by atoms with Crippen molar-refractivity contribution in [2.75, 3.05) is 18.8 Å². The first kappa shape index (κ1) is 16.7. The zero-order valence-electron chi connectivity index (χ0n) is 14.9. The summed E-state index contributed by atoms with van der Waals surface area (Å²) in [5, 5.41) is 11.3. The van der Waals surface area contributed by atoms with Gasteiger partial charge in [0.25, 0.3) is 0 Å². The zero-order valence-corrected chi connectivity index (χ0v) is 15.7. The number of H-pyrrole nitrogens is 1. The van der Waals surface area contributed by atoms with Crippen LogP contribution in [0.3, 0.4) is 0 Å². The lowest BCUT2D eigenvalue weighted by atomic mass is 9.54. The van der Waals surface area contributed by atoms with Gasteiger partial charge in [-0.25, -0.2) is 17.7 Å². The number of sulfonamides is 1. The van der Waals surface area contributed by atoms with Gasteiger partial charge in [0.2, 0.25) is 10.0 Å². The second-order valence-electron chi connectivity index (χ2n) is 8.59. The Labute approximate surface area is 152 Å². The minimum atomic E-state index is -3.17. The standard InChI is InChI=1S/C17H22BN3O4S/c1-11(2)6-26(23,24)21-9-16(10-21)7-17(8-16)14-12-3-4-19-15(12)20-5-13(14)18(22)25-17/h3-5,11,22H,6-10H2,1-2H3,(H,19,20). The highest BCUT2D eigenvalue weighted by Crippen LogP contribution is 2.62. The molecule has 138 valence electrons. The summed E-state index contributed by atoms with van der Waals surface area (Å²) in [6, 6.07) is 1.97. The van der Waals surface area contributed by atoms with Crippen molar-refractivity contribution in [3.05, 3.63) is 24.0 Å². The molecule has 0 radical (unpaired) electrons. The first-order valence-electron chi connectivity index (χ1n) is 9.04.